The van der Waals surface area contributed by atoms with E-state index in [1.807, 2.05) is 0 Å². The SMILES string of the molecule is c1ccc2c(c1)Cc1c-2ccc2ccc3c4c(ccc3c12)-c1cccc2cccc-4c12. The van der Waals surface area contributed by atoms with E-state index in [2.05, 4.69) is 97.1 Å². The Morgan fingerprint density at radius 2 is 1.13 bits per heavy atom. The van der Waals surface area contributed by atoms with E-state index in [0.29, 0.717) is 0 Å². The Morgan fingerprint density at radius 3 is 2.06 bits per heavy atom. The standard InChI is InChI=1S/C31H18/c1-2-8-21-20(5-1)17-28-22(21)13-11-19-12-14-25-24(30(19)28)15-16-26-23-9-3-6-18-7-4-10-27(29(18)23)31(25)26/h1-16H,17H2. The summed E-state index contributed by atoms with van der Waals surface area (Å²) < 4.78 is 0. The van der Waals surface area contributed by atoms with E-state index < -0.39 is 0 Å². The van der Waals surface area contributed by atoms with Gasteiger partial charge in [0.1, 0.15) is 0 Å². The highest BCUT2D eigenvalue weighted by Crippen LogP contribution is 2.51. The Bertz CT molecular complexity index is 1750. The van der Waals surface area contributed by atoms with Gasteiger partial charge in [0, 0.05) is 0 Å². The van der Waals surface area contributed by atoms with Gasteiger partial charge in [-0.1, -0.05) is 97.1 Å². The topological polar surface area (TPSA) is 0 Å². The highest BCUT2D eigenvalue weighted by molar-refractivity contribution is 6.24. The number of benzene rings is 6. The fraction of sp³-hybridized carbons (Fsp3) is 0.0323. The quantitative estimate of drug-likeness (QED) is 0.228. The van der Waals surface area contributed by atoms with Gasteiger partial charge in [0.05, 0.1) is 0 Å². The first kappa shape index (κ1) is 15.9. The second kappa shape index (κ2) is 5.42. The van der Waals surface area contributed by atoms with Crippen LogP contribution in [0.2, 0.25) is 0 Å². The molecule has 0 fully saturated rings. The third-order valence-corrected chi connectivity index (χ3v) is 7.43. The Hall–Kier alpha value is -3.90. The van der Waals surface area contributed by atoms with Crippen molar-refractivity contribution in [3.05, 3.63) is 108 Å². The molecule has 6 aromatic rings. The molecule has 0 heteroatoms. The lowest BCUT2D eigenvalue weighted by molar-refractivity contribution is 1.29. The predicted molar refractivity (Wildman–Crippen MR) is 132 cm³/mol. The van der Waals surface area contributed by atoms with Gasteiger partial charge < -0.3 is 0 Å². The van der Waals surface area contributed by atoms with E-state index >= 15 is 0 Å². The molecule has 0 unspecified atom stereocenters. The average Bonchev–Trinajstić information content (AvgIpc) is 3.36. The zero-order chi connectivity index (χ0) is 20.1. The molecule has 31 heavy (non-hydrogen) atoms. The molecule has 0 radical (unpaired) electrons. The zero-order valence-corrected chi connectivity index (χ0v) is 16.9. The maximum absolute atomic E-state index is 2.37. The summed E-state index contributed by atoms with van der Waals surface area (Å²) in [5.41, 5.74) is 11.3. The Labute approximate surface area is 180 Å². The normalized spacial score (nSPS) is 13.0. The van der Waals surface area contributed by atoms with Crippen LogP contribution >= 0.6 is 0 Å². The molecule has 0 saturated heterocycles. The van der Waals surface area contributed by atoms with Crippen LogP contribution in [0.15, 0.2) is 97.1 Å². The van der Waals surface area contributed by atoms with Crippen LogP contribution in [0, 0.1) is 0 Å². The molecule has 0 heterocycles. The molecule has 0 amide bonds. The molecule has 0 aromatic heterocycles. The highest BCUT2D eigenvalue weighted by atomic mass is 14.3. The summed E-state index contributed by atoms with van der Waals surface area (Å²) in [6.07, 6.45) is 1.02. The Morgan fingerprint density at radius 1 is 0.419 bits per heavy atom. The molecule has 0 spiro atoms. The molecule has 0 aliphatic heterocycles. The van der Waals surface area contributed by atoms with E-state index in [0.717, 1.165) is 6.42 Å². The first-order valence-corrected chi connectivity index (χ1v) is 11.0. The Balaban J connectivity index is 1.53. The van der Waals surface area contributed by atoms with Crippen LogP contribution in [-0.2, 0) is 6.42 Å². The lowest BCUT2D eigenvalue weighted by atomic mass is 9.90. The van der Waals surface area contributed by atoms with Crippen molar-refractivity contribution in [1.29, 1.82) is 0 Å². The molecule has 0 nitrogen and oxygen atoms in total. The van der Waals surface area contributed by atoms with Crippen LogP contribution in [0.1, 0.15) is 11.1 Å². The summed E-state index contributed by atoms with van der Waals surface area (Å²) >= 11 is 0. The van der Waals surface area contributed by atoms with Crippen LogP contribution in [0.4, 0.5) is 0 Å². The van der Waals surface area contributed by atoms with Crippen LogP contribution < -0.4 is 0 Å². The van der Waals surface area contributed by atoms with E-state index in [1.54, 1.807) is 0 Å². The monoisotopic (exact) mass is 390 g/mol. The summed E-state index contributed by atoms with van der Waals surface area (Å²) in [5, 5.41) is 8.25. The van der Waals surface area contributed by atoms with E-state index in [-0.39, 0.29) is 0 Å². The number of fused-ring (bicyclic) bond motifs is 11. The smallest absolute Gasteiger partial charge is 0.000706 e. The van der Waals surface area contributed by atoms with Gasteiger partial charge in [-0.2, -0.15) is 0 Å². The molecular weight excluding hydrogens is 372 g/mol. The van der Waals surface area contributed by atoms with Gasteiger partial charge in [0.2, 0.25) is 0 Å². The average molecular weight is 390 g/mol. The largest absolute Gasteiger partial charge is 0.0619 e. The number of rotatable bonds is 0. The molecule has 0 N–H and O–H groups in total. The van der Waals surface area contributed by atoms with Gasteiger partial charge in [-0.25, -0.2) is 0 Å². The van der Waals surface area contributed by atoms with E-state index in [1.165, 1.54) is 76.8 Å². The van der Waals surface area contributed by atoms with Crippen molar-refractivity contribution in [2.45, 2.75) is 6.42 Å². The summed E-state index contributed by atoms with van der Waals surface area (Å²) in [5.74, 6) is 0. The van der Waals surface area contributed by atoms with Crippen LogP contribution in [0.5, 0.6) is 0 Å². The third kappa shape index (κ3) is 1.87. The first-order chi connectivity index (χ1) is 15.4. The third-order valence-electron chi connectivity index (χ3n) is 7.43. The van der Waals surface area contributed by atoms with Crippen LogP contribution in [0.25, 0.3) is 65.7 Å². The fourth-order valence-electron chi connectivity index (χ4n) is 6.16. The molecule has 142 valence electrons. The lowest BCUT2D eigenvalue weighted by Crippen LogP contribution is -1.88. The second-order valence-electron chi connectivity index (χ2n) is 8.88. The minimum Gasteiger partial charge on any atom is -0.0619 e. The molecule has 0 bridgehead atoms. The molecule has 2 aliphatic rings. The predicted octanol–water partition coefficient (Wildman–Crippen LogP) is 8.36. The van der Waals surface area contributed by atoms with Crippen LogP contribution in [0.3, 0.4) is 0 Å². The maximum Gasteiger partial charge on any atom is -0.000706 e. The van der Waals surface area contributed by atoms with Gasteiger partial charge in [-0.3, -0.25) is 0 Å². The van der Waals surface area contributed by atoms with E-state index in [9.17, 15) is 0 Å². The summed E-state index contributed by atoms with van der Waals surface area (Å²) in [6, 6.07) is 36.3. The van der Waals surface area contributed by atoms with Crippen molar-refractivity contribution in [3.63, 3.8) is 0 Å². The van der Waals surface area contributed by atoms with Gasteiger partial charge in [0.25, 0.3) is 0 Å². The minimum absolute atomic E-state index is 1.02. The summed E-state index contributed by atoms with van der Waals surface area (Å²) in [6.45, 7) is 0. The first-order valence-electron chi connectivity index (χ1n) is 11.0. The molecule has 0 atom stereocenters. The number of hydrogen-bond donors (Lipinski definition) is 0. The molecule has 0 saturated carbocycles. The van der Waals surface area contributed by atoms with Crippen molar-refractivity contribution >= 4 is 32.3 Å². The summed E-state index contributed by atoms with van der Waals surface area (Å²) in [4.78, 5) is 0. The van der Waals surface area contributed by atoms with Gasteiger partial charge in [-0.05, 0) is 83.2 Å². The molecular formula is C31H18. The molecule has 8 rings (SSSR count). The van der Waals surface area contributed by atoms with Crippen LogP contribution in [-0.4, -0.2) is 0 Å². The van der Waals surface area contributed by atoms with E-state index in [4.69, 9.17) is 0 Å². The minimum atomic E-state index is 1.02. The summed E-state index contributed by atoms with van der Waals surface area (Å²) in [7, 11) is 0. The Kier molecular flexibility index (Phi) is 2.77. The zero-order valence-electron chi connectivity index (χ0n) is 16.9. The van der Waals surface area contributed by atoms with Crippen molar-refractivity contribution in [2.24, 2.45) is 0 Å². The molecule has 2 aliphatic carbocycles. The van der Waals surface area contributed by atoms with Crippen molar-refractivity contribution in [1.82, 2.24) is 0 Å². The van der Waals surface area contributed by atoms with Gasteiger partial charge in [0.15, 0.2) is 0 Å². The molecule has 6 aromatic carbocycles. The fourth-order valence-corrected chi connectivity index (χ4v) is 6.16. The van der Waals surface area contributed by atoms with Crippen molar-refractivity contribution in [2.75, 3.05) is 0 Å². The highest BCUT2D eigenvalue weighted by Gasteiger charge is 2.25. The second-order valence-corrected chi connectivity index (χ2v) is 8.88. The number of hydrogen-bond acceptors (Lipinski definition) is 0. The van der Waals surface area contributed by atoms with Crippen molar-refractivity contribution in [3.8, 4) is 33.4 Å². The van der Waals surface area contributed by atoms with Gasteiger partial charge in [-0.15, -0.1) is 0 Å². The maximum atomic E-state index is 2.37. The lowest BCUT2D eigenvalue weighted by Gasteiger charge is -2.13. The van der Waals surface area contributed by atoms with Gasteiger partial charge >= 0.3 is 0 Å². The van der Waals surface area contributed by atoms with Crippen molar-refractivity contribution < 1.29 is 0 Å².